The summed E-state index contributed by atoms with van der Waals surface area (Å²) in [5, 5.41) is 5.13. The molecule has 6 nitrogen and oxygen atoms in total. The number of hydrogen-bond donors (Lipinski definition) is 1. The van der Waals surface area contributed by atoms with E-state index in [-0.39, 0.29) is 11.8 Å². The number of carbonyl (C=O) groups excluding carboxylic acids is 1. The van der Waals surface area contributed by atoms with E-state index in [1.807, 2.05) is 42.6 Å². The number of para-hydroxylation sites is 1. The fourth-order valence-electron chi connectivity index (χ4n) is 3.73. The van der Waals surface area contributed by atoms with Crippen LogP contribution in [0.15, 0.2) is 54.0 Å². The van der Waals surface area contributed by atoms with Crippen molar-refractivity contribution >= 4 is 28.0 Å². The number of urea groups is 1. The number of aryl methyl sites for hydroxylation is 2. The summed E-state index contributed by atoms with van der Waals surface area (Å²) in [6.45, 7) is 5.46. The maximum Gasteiger partial charge on any atom is 0.321 e. The van der Waals surface area contributed by atoms with Gasteiger partial charge in [0.25, 0.3) is 0 Å². The summed E-state index contributed by atoms with van der Waals surface area (Å²) < 4.78 is 20.5. The molecule has 2 aromatic heterocycles. The molecular formula is C25H27FN4O2S. The van der Waals surface area contributed by atoms with Gasteiger partial charge in [-0.3, -0.25) is 4.40 Å². The van der Waals surface area contributed by atoms with Crippen molar-refractivity contribution in [2.24, 2.45) is 0 Å². The van der Waals surface area contributed by atoms with Crippen molar-refractivity contribution in [3.8, 4) is 11.3 Å². The van der Waals surface area contributed by atoms with Crippen LogP contribution < -0.4 is 5.32 Å². The molecule has 0 atom stereocenters. The number of hydrogen-bond acceptors (Lipinski definition) is 4. The zero-order valence-electron chi connectivity index (χ0n) is 19.0. The highest BCUT2D eigenvalue weighted by atomic mass is 32.1. The molecule has 0 radical (unpaired) electrons. The predicted octanol–water partition coefficient (Wildman–Crippen LogP) is 5.54. The van der Waals surface area contributed by atoms with E-state index in [0.717, 1.165) is 38.7 Å². The third-order valence-corrected chi connectivity index (χ3v) is 6.52. The number of imidazole rings is 1. The largest absolute Gasteiger partial charge is 0.383 e. The molecule has 4 rings (SSSR count). The van der Waals surface area contributed by atoms with Crippen LogP contribution in [-0.4, -0.2) is 47.1 Å². The van der Waals surface area contributed by atoms with Crippen LogP contribution in [0.25, 0.3) is 16.2 Å². The predicted molar refractivity (Wildman–Crippen MR) is 131 cm³/mol. The van der Waals surface area contributed by atoms with Crippen LogP contribution in [0.3, 0.4) is 0 Å². The minimum Gasteiger partial charge on any atom is -0.383 e. The van der Waals surface area contributed by atoms with E-state index in [2.05, 4.69) is 15.7 Å². The second kappa shape index (κ2) is 10.1. The van der Waals surface area contributed by atoms with Gasteiger partial charge in [-0.1, -0.05) is 18.2 Å². The van der Waals surface area contributed by atoms with Gasteiger partial charge in [0.15, 0.2) is 4.96 Å². The van der Waals surface area contributed by atoms with E-state index < -0.39 is 0 Å². The zero-order valence-corrected chi connectivity index (χ0v) is 19.8. The third-order valence-electron chi connectivity index (χ3n) is 5.63. The molecule has 2 heterocycles. The third kappa shape index (κ3) is 5.23. The number of benzene rings is 2. The van der Waals surface area contributed by atoms with Crippen molar-refractivity contribution in [2.45, 2.75) is 20.3 Å². The number of rotatable bonds is 8. The molecule has 172 valence electrons. The Morgan fingerprint density at radius 2 is 1.88 bits per heavy atom. The van der Waals surface area contributed by atoms with Gasteiger partial charge >= 0.3 is 6.03 Å². The van der Waals surface area contributed by atoms with E-state index in [1.54, 1.807) is 35.5 Å². The van der Waals surface area contributed by atoms with E-state index in [0.29, 0.717) is 26.1 Å². The van der Waals surface area contributed by atoms with Gasteiger partial charge in [-0.05, 0) is 49.2 Å². The summed E-state index contributed by atoms with van der Waals surface area (Å²) in [7, 11) is 1.63. The number of halogens is 1. The number of nitrogens with one attached hydrogen (secondary N) is 1. The Morgan fingerprint density at radius 1 is 1.15 bits per heavy atom. The summed E-state index contributed by atoms with van der Waals surface area (Å²) in [6, 6.07) is 12.1. The average molecular weight is 467 g/mol. The van der Waals surface area contributed by atoms with Crippen LogP contribution in [0.5, 0.6) is 0 Å². The molecule has 0 spiro atoms. The topological polar surface area (TPSA) is 58.9 Å². The SMILES string of the molecule is COCCN(CCc1csc2nc(-c3ccc(F)cc3)cn12)C(=O)Nc1c(C)cccc1C. The quantitative estimate of drug-likeness (QED) is 0.371. The molecule has 1 N–H and O–H groups in total. The van der Waals surface area contributed by atoms with Gasteiger partial charge in [-0.15, -0.1) is 11.3 Å². The lowest BCUT2D eigenvalue weighted by Gasteiger charge is -2.24. The number of ether oxygens (including phenoxy) is 1. The van der Waals surface area contributed by atoms with Crippen molar-refractivity contribution < 1.29 is 13.9 Å². The number of amides is 2. The first kappa shape index (κ1) is 22.9. The summed E-state index contributed by atoms with van der Waals surface area (Å²) in [6.07, 6.45) is 2.63. The number of anilines is 1. The monoisotopic (exact) mass is 466 g/mol. The van der Waals surface area contributed by atoms with Crippen LogP contribution in [0, 0.1) is 19.7 Å². The molecule has 0 bridgehead atoms. The lowest BCUT2D eigenvalue weighted by Crippen LogP contribution is -2.39. The molecule has 33 heavy (non-hydrogen) atoms. The van der Waals surface area contributed by atoms with E-state index in [4.69, 9.17) is 4.74 Å². The Morgan fingerprint density at radius 3 is 2.58 bits per heavy atom. The molecule has 0 aliphatic rings. The lowest BCUT2D eigenvalue weighted by atomic mass is 10.1. The number of carbonyl (C=O) groups is 1. The first-order chi connectivity index (χ1) is 16.0. The van der Waals surface area contributed by atoms with Crippen molar-refractivity contribution in [2.75, 3.05) is 32.1 Å². The highest BCUT2D eigenvalue weighted by molar-refractivity contribution is 7.15. The van der Waals surface area contributed by atoms with Crippen LogP contribution in [0.1, 0.15) is 16.8 Å². The summed E-state index contributed by atoms with van der Waals surface area (Å²) >= 11 is 1.55. The smallest absolute Gasteiger partial charge is 0.321 e. The van der Waals surface area contributed by atoms with Gasteiger partial charge in [0, 0.05) is 55.1 Å². The molecule has 2 amide bonds. The van der Waals surface area contributed by atoms with Crippen LogP contribution >= 0.6 is 11.3 Å². The molecule has 0 saturated carbocycles. The normalized spacial score (nSPS) is 11.2. The summed E-state index contributed by atoms with van der Waals surface area (Å²) in [5.41, 5.74) is 5.64. The fourth-order valence-corrected chi connectivity index (χ4v) is 4.64. The van der Waals surface area contributed by atoms with Gasteiger partial charge in [-0.2, -0.15) is 0 Å². The summed E-state index contributed by atoms with van der Waals surface area (Å²) in [5.74, 6) is -0.268. The number of thiazole rings is 1. The minimum absolute atomic E-state index is 0.145. The van der Waals surface area contributed by atoms with Crippen LogP contribution in [0.2, 0.25) is 0 Å². The first-order valence-corrected chi connectivity index (χ1v) is 11.7. The number of nitrogens with zero attached hydrogens (tertiary/aromatic N) is 3. The highest BCUT2D eigenvalue weighted by Crippen LogP contribution is 2.25. The van der Waals surface area contributed by atoms with Crippen LogP contribution in [-0.2, 0) is 11.2 Å². The molecular weight excluding hydrogens is 439 g/mol. The van der Waals surface area contributed by atoms with E-state index in [9.17, 15) is 9.18 Å². The van der Waals surface area contributed by atoms with Crippen LogP contribution in [0.4, 0.5) is 14.9 Å². The number of fused-ring (bicyclic) bond motifs is 1. The molecule has 0 fully saturated rings. The van der Waals surface area contributed by atoms with Gasteiger partial charge in [0.05, 0.1) is 12.3 Å². The Bertz CT molecular complexity index is 1230. The molecule has 8 heteroatoms. The summed E-state index contributed by atoms with van der Waals surface area (Å²) in [4.78, 5) is 20.4. The van der Waals surface area contributed by atoms with Crippen molar-refractivity contribution in [1.29, 1.82) is 0 Å². The Hall–Kier alpha value is -3.23. The Kier molecular flexibility index (Phi) is 7.05. The maximum atomic E-state index is 13.3. The highest BCUT2D eigenvalue weighted by Gasteiger charge is 2.17. The Balaban J connectivity index is 1.49. The Labute approximate surface area is 196 Å². The van der Waals surface area contributed by atoms with Crippen molar-refractivity contribution in [3.63, 3.8) is 0 Å². The maximum absolute atomic E-state index is 13.3. The van der Waals surface area contributed by atoms with Gasteiger partial charge in [0.1, 0.15) is 5.82 Å². The molecule has 0 aliphatic carbocycles. The van der Waals surface area contributed by atoms with Gasteiger partial charge < -0.3 is 15.0 Å². The van der Waals surface area contributed by atoms with Crippen molar-refractivity contribution in [1.82, 2.24) is 14.3 Å². The zero-order chi connectivity index (χ0) is 23.4. The molecule has 2 aromatic carbocycles. The molecule has 0 unspecified atom stereocenters. The second-order valence-corrected chi connectivity index (χ2v) is 8.78. The van der Waals surface area contributed by atoms with E-state index >= 15 is 0 Å². The van der Waals surface area contributed by atoms with Crippen molar-refractivity contribution in [3.05, 3.63) is 76.7 Å². The molecule has 4 aromatic rings. The number of aromatic nitrogens is 2. The van der Waals surface area contributed by atoms with Gasteiger partial charge in [0.2, 0.25) is 0 Å². The fraction of sp³-hybridized carbons (Fsp3) is 0.280. The standard InChI is InChI=1S/C25H27FN4O2S/c1-17-5-4-6-18(2)23(17)28-24(31)29(13-14-32-3)12-11-21-16-33-25-27-22(15-30(21)25)19-7-9-20(26)10-8-19/h4-10,15-16H,11-14H2,1-3H3,(H,28,31). The van der Waals surface area contributed by atoms with E-state index in [1.165, 1.54) is 12.1 Å². The molecule has 0 saturated heterocycles. The molecule has 0 aliphatic heterocycles. The first-order valence-electron chi connectivity index (χ1n) is 10.8. The number of methoxy groups -OCH3 is 1. The lowest BCUT2D eigenvalue weighted by molar-refractivity contribution is 0.155. The minimum atomic E-state index is -0.268. The van der Waals surface area contributed by atoms with Gasteiger partial charge in [-0.25, -0.2) is 14.2 Å². The second-order valence-electron chi connectivity index (χ2n) is 7.94. The average Bonchev–Trinajstić information content (AvgIpc) is 3.38.